The molecule has 0 atom stereocenters. The predicted octanol–water partition coefficient (Wildman–Crippen LogP) is 4.82. The second-order valence-electron chi connectivity index (χ2n) is 5.93. The zero-order chi connectivity index (χ0) is 18.8. The van der Waals surface area contributed by atoms with E-state index < -0.39 is 0 Å². The zero-order valence-corrected chi connectivity index (χ0v) is 16.6. The lowest BCUT2D eigenvalue weighted by Crippen LogP contribution is -2.34. The molecule has 0 unspecified atom stereocenters. The molecule has 26 heavy (non-hydrogen) atoms. The summed E-state index contributed by atoms with van der Waals surface area (Å²) in [5.41, 5.74) is 1.62. The number of rotatable bonds is 4. The summed E-state index contributed by atoms with van der Waals surface area (Å²) in [6, 6.07) is 11.8. The molecule has 0 bridgehead atoms. The molecule has 134 valence electrons. The number of hydrogen-bond acceptors (Lipinski definition) is 3. The fourth-order valence-corrected chi connectivity index (χ4v) is 4.11. The zero-order valence-electron chi connectivity index (χ0n) is 14.2. The van der Waals surface area contributed by atoms with Gasteiger partial charge >= 0.3 is 0 Å². The van der Waals surface area contributed by atoms with Crippen LogP contribution in [0.4, 0.5) is 10.1 Å². The van der Waals surface area contributed by atoms with Crippen LogP contribution >= 0.6 is 27.3 Å². The van der Waals surface area contributed by atoms with Crippen LogP contribution in [0.5, 0.6) is 0 Å². The Labute approximate surface area is 162 Å². The van der Waals surface area contributed by atoms with Crippen LogP contribution < -0.4 is 5.32 Å². The van der Waals surface area contributed by atoms with Crippen LogP contribution in [0.1, 0.15) is 15.2 Å². The van der Waals surface area contributed by atoms with Crippen LogP contribution in [-0.4, -0.2) is 30.3 Å². The highest BCUT2D eigenvalue weighted by atomic mass is 79.9. The van der Waals surface area contributed by atoms with Gasteiger partial charge < -0.3 is 10.2 Å². The van der Waals surface area contributed by atoms with E-state index in [9.17, 15) is 14.0 Å². The van der Waals surface area contributed by atoms with Gasteiger partial charge in [-0.15, -0.1) is 11.3 Å². The Kier molecular flexibility index (Phi) is 5.38. The highest BCUT2D eigenvalue weighted by Crippen LogP contribution is 2.28. The van der Waals surface area contributed by atoms with Crippen LogP contribution in [0.25, 0.3) is 10.1 Å². The van der Waals surface area contributed by atoms with Crippen LogP contribution in [0, 0.1) is 12.7 Å². The van der Waals surface area contributed by atoms with Crippen molar-refractivity contribution in [2.24, 2.45) is 0 Å². The number of nitrogens with zero attached hydrogens (tertiary/aromatic N) is 1. The number of benzene rings is 2. The first-order valence-corrected chi connectivity index (χ1v) is 9.45. The number of aryl methyl sites for hydroxylation is 1. The van der Waals surface area contributed by atoms with E-state index in [0.717, 1.165) is 10.0 Å². The fourth-order valence-electron chi connectivity index (χ4n) is 2.56. The van der Waals surface area contributed by atoms with Crippen LogP contribution in [0.15, 0.2) is 46.9 Å². The average molecular weight is 435 g/mol. The predicted molar refractivity (Wildman–Crippen MR) is 106 cm³/mol. The second-order valence-corrected chi connectivity index (χ2v) is 7.93. The molecule has 0 aliphatic heterocycles. The quantitative estimate of drug-likeness (QED) is 0.639. The van der Waals surface area contributed by atoms with Gasteiger partial charge in [-0.05, 0) is 48.9 Å². The third-order valence-electron chi connectivity index (χ3n) is 3.91. The molecule has 2 aromatic carbocycles. The molecule has 0 aliphatic rings. The molecule has 0 radical (unpaired) electrons. The molecule has 0 aliphatic carbocycles. The summed E-state index contributed by atoms with van der Waals surface area (Å²) in [5.74, 6) is -0.962. The van der Waals surface area contributed by atoms with Crippen molar-refractivity contribution < 1.29 is 14.0 Å². The van der Waals surface area contributed by atoms with Crippen molar-refractivity contribution in [1.29, 1.82) is 0 Å². The smallest absolute Gasteiger partial charge is 0.264 e. The number of carbonyl (C=O) groups is 2. The number of nitrogens with one attached hydrogen (secondary N) is 1. The summed E-state index contributed by atoms with van der Waals surface area (Å²) in [7, 11) is 1.55. The summed E-state index contributed by atoms with van der Waals surface area (Å²) < 4.78 is 15.4. The van der Waals surface area contributed by atoms with E-state index in [-0.39, 0.29) is 24.2 Å². The first-order chi connectivity index (χ1) is 12.3. The Bertz CT molecular complexity index is 1000. The third-order valence-corrected chi connectivity index (χ3v) is 5.49. The topological polar surface area (TPSA) is 49.4 Å². The van der Waals surface area contributed by atoms with Gasteiger partial charge in [0.15, 0.2) is 0 Å². The average Bonchev–Trinajstić information content (AvgIpc) is 3.02. The van der Waals surface area contributed by atoms with Crippen LogP contribution in [-0.2, 0) is 4.79 Å². The molecule has 1 heterocycles. The molecule has 0 saturated carbocycles. The lowest BCUT2D eigenvalue weighted by atomic mass is 10.2. The van der Waals surface area contributed by atoms with Crippen LogP contribution in [0.3, 0.4) is 0 Å². The van der Waals surface area contributed by atoms with Crippen molar-refractivity contribution in [3.05, 3.63) is 63.2 Å². The largest absolute Gasteiger partial charge is 0.332 e. The van der Waals surface area contributed by atoms with Gasteiger partial charge in [0.1, 0.15) is 5.82 Å². The van der Waals surface area contributed by atoms with Gasteiger partial charge in [0.2, 0.25) is 5.91 Å². The standard InChI is InChI=1S/C19H16BrFN2O2S/c1-11-8-12(20)6-7-15(11)22-18(24)10-23(2)19(25)17-9-13-14(21)4-3-5-16(13)26-17/h3-9H,10H2,1-2H3,(H,22,24). The number of carbonyl (C=O) groups excluding carboxylic acids is 2. The summed E-state index contributed by atoms with van der Waals surface area (Å²) in [4.78, 5) is 26.5. The van der Waals surface area contributed by atoms with Gasteiger partial charge in [-0.2, -0.15) is 0 Å². The van der Waals surface area contributed by atoms with Gasteiger partial charge in [0, 0.05) is 27.3 Å². The molecule has 4 nitrogen and oxygen atoms in total. The molecule has 3 aromatic rings. The summed E-state index contributed by atoms with van der Waals surface area (Å²) in [6.07, 6.45) is 0. The molecule has 7 heteroatoms. The molecule has 0 spiro atoms. The first-order valence-electron chi connectivity index (χ1n) is 7.84. The van der Waals surface area contributed by atoms with Crippen molar-refractivity contribution in [1.82, 2.24) is 4.90 Å². The maximum atomic E-state index is 13.8. The number of hydrogen-bond donors (Lipinski definition) is 1. The van der Waals surface area contributed by atoms with Crippen molar-refractivity contribution in [3.8, 4) is 0 Å². The lowest BCUT2D eigenvalue weighted by Gasteiger charge is -2.16. The molecule has 2 amide bonds. The van der Waals surface area contributed by atoms with Gasteiger partial charge in [0.05, 0.1) is 11.4 Å². The van der Waals surface area contributed by atoms with Crippen molar-refractivity contribution >= 4 is 54.9 Å². The maximum absolute atomic E-state index is 13.8. The molecule has 0 fully saturated rings. The van der Waals surface area contributed by atoms with Gasteiger partial charge in [-0.1, -0.05) is 22.0 Å². The Balaban J connectivity index is 1.69. The summed E-state index contributed by atoms with van der Waals surface area (Å²) in [6.45, 7) is 1.80. The second kappa shape index (κ2) is 7.55. The van der Waals surface area contributed by atoms with E-state index in [0.29, 0.717) is 20.7 Å². The fraction of sp³-hybridized carbons (Fsp3) is 0.158. The SMILES string of the molecule is Cc1cc(Br)ccc1NC(=O)CN(C)C(=O)c1cc2c(F)cccc2s1. The Hall–Kier alpha value is -2.25. The van der Waals surface area contributed by atoms with Crippen LogP contribution in [0.2, 0.25) is 0 Å². The minimum Gasteiger partial charge on any atom is -0.332 e. The monoisotopic (exact) mass is 434 g/mol. The summed E-state index contributed by atoms with van der Waals surface area (Å²) >= 11 is 4.59. The highest BCUT2D eigenvalue weighted by molar-refractivity contribution is 9.10. The minimum absolute atomic E-state index is 0.0922. The number of amides is 2. The number of anilines is 1. The van der Waals surface area contributed by atoms with Crippen molar-refractivity contribution in [3.63, 3.8) is 0 Å². The number of likely N-dealkylation sites (N-methyl/N-ethyl adjacent to an activating group) is 1. The summed E-state index contributed by atoms with van der Waals surface area (Å²) in [5, 5.41) is 3.22. The van der Waals surface area contributed by atoms with E-state index in [2.05, 4.69) is 21.2 Å². The number of halogens is 2. The Morgan fingerprint density at radius 2 is 2.00 bits per heavy atom. The molecule has 1 N–H and O–H groups in total. The molecule has 0 saturated heterocycles. The third kappa shape index (κ3) is 3.94. The molecular formula is C19H16BrFN2O2S. The van der Waals surface area contributed by atoms with Gasteiger partial charge in [-0.3, -0.25) is 9.59 Å². The Morgan fingerprint density at radius 1 is 1.23 bits per heavy atom. The lowest BCUT2D eigenvalue weighted by molar-refractivity contribution is -0.116. The minimum atomic E-state index is -0.357. The van der Waals surface area contributed by atoms with E-state index in [1.807, 2.05) is 19.1 Å². The van der Waals surface area contributed by atoms with Crippen molar-refractivity contribution in [2.45, 2.75) is 6.92 Å². The van der Waals surface area contributed by atoms with Crippen molar-refractivity contribution in [2.75, 3.05) is 18.9 Å². The van der Waals surface area contributed by atoms with E-state index in [1.54, 1.807) is 25.2 Å². The maximum Gasteiger partial charge on any atom is 0.264 e. The normalized spacial score (nSPS) is 10.8. The Morgan fingerprint density at radius 3 is 2.69 bits per heavy atom. The first kappa shape index (κ1) is 18.5. The molecule has 3 rings (SSSR count). The number of thiophene rings is 1. The molecular weight excluding hydrogens is 419 g/mol. The van der Waals surface area contributed by atoms with E-state index in [1.165, 1.54) is 28.4 Å². The van der Waals surface area contributed by atoms with Gasteiger partial charge in [0.25, 0.3) is 5.91 Å². The number of fused-ring (bicyclic) bond motifs is 1. The van der Waals surface area contributed by atoms with Gasteiger partial charge in [-0.25, -0.2) is 4.39 Å². The van der Waals surface area contributed by atoms with E-state index >= 15 is 0 Å². The highest BCUT2D eigenvalue weighted by Gasteiger charge is 2.18. The molecule has 1 aromatic heterocycles. The van der Waals surface area contributed by atoms with E-state index in [4.69, 9.17) is 0 Å².